The van der Waals surface area contributed by atoms with Crippen molar-refractivity contribution in [1.82, 2.24) is 4.98 Å². The van der Waals surface area contributed by atoms with Gasteiger partial charge in [-0.1, -0.05) is 59.9 Å². The minimum atomic E-state index is -0.482. The summed E-state index contributed by atoms with van der Waals surface area (Å²) in [5.41, 5.74) is 2.95. The number of para-hydroxylation sites is 1. The number of aryl methyl sites for hydroxylation is 1. The van der Waals surface area contributed by atoms with Crippen LogP contribution in [-0.4, -0.2) is 17.0 Å². The lowest BCUT2D eigenvalue weighted by molar-refractivity contribution is -0.122. The van der Waals surface area contributed by atoms with Gasteiger partial charge in [-0.25, -0.2) is 4.98 Å². The van der Waals surface area contributed by atoms with Crippen molar-refractivity contribution in [3.8, 4) is 16.3 Å². The summed E-state index contributed by atoms with van der Waals surface area (Å²) in [6, 6.07) is 17.7. The van der Waals surface area contributed by atoms with E-state index in [1.54, 1.807) is 0 Å². The summed E-state index contributed by atoms with van der Waals surface area (Å²) in [5, 5.41) is 4.65. The number of hydrogen-bond acceptors (Lipinski definition) is 4. The molecule has 1 aliphatic heterocycles. The number of anilines is 1. The summed E-state index contributed by atoms with van der Waals surface area (Å²) in [6.07, 6.45) is 0.120. The van der Waals surface area contributed by atoms with Gasteiger partial charge in [0.15, 0.2) is 6.10 Å². The number of nitrogens with zero attached hydrogens (tertiary/aromatic N) is 1. The minimum absolute atomic E-state index is 0.127. The normalized spacial score (nSPS) is 15.6. The zero-order chi connectivity index (χ0) is 16.5. The third-order valence-electron chi connectivity index (χ3n) is 3.99. The maximum absolute atomic E-state index is 12.5. The van der Waals surface area contributed by atoms with Crippen molar-refractivity contribution in [2.24, 2.45) is 0 Å². The van der Waals surface area contributed by atoms with Crippen LogP contribution >= 0.6 is 11.3 Å². The number of ether oxygens (including phenoxy) is 1. The molecule has 0 unspecified atom stereocenters. The summed E-state index contributed by atoms with van der Waals surface area (Å²) < 4.78 is 5.74. The fourth-order valence-corrected chi connectivity index (χ4v) is 3.71. The average molecular weight is 336 g/mol. The molecule has 1 aliphatic rings. The third kappa shape index (κ3) is 2.78. The van der Waals surface area contributed by atoms with E-state index in [2.05, 4.69) is 10.3 Å². The van der Waals surface area contributed by atoms with Gasteiger partial charge in [-0.15, -0.1) is 0 Å². The van der Waals surface area contributed by atoms with Crippen LogP contribution in [-0.2, 0) is 11.2 Å². The van der Waals surface area contributed by atoms with Crippen LogP contribution in [0.3, 0.4) is 0 Å². The molecule has 2 aromatic carbocycles. The largest absolute Gasteiger partial charge is 0.480 e. The first kappa shape index (κ1) is 14.9. The van der Waals surface area contributed by atoms with Crippen LogP contribution in [0.4, 0.5) is 5.00 Å². The van der Waals surface area contributed by atoms with Crippen LogP contribution in [0.25, 0.3) is 10.6 Å². The molecule has 0 saturated heterocycles. The van der Waals surface area contributed by atoms with E-state index >= 15 is 0 Å². The Hall–Kier alpha value is -2.66. The number of rotatable bonds is 3. The number of nitrogens with one attached hydrogen (secondary N) is 1. The highest BCUT2D eigenvalue weighted by molar-refractivity contribution is 7.19. The highest BCUT2D eigenvalue weighted by atomic mass is 32.1. The fraction of sp³-hybridized carbons (Fsp3) is 0.158. The topological polar surface area (TPSA) is 51.2 Å². The Bertz CT molecular complexity index is 864. The number of benzene rings is 2. The predicted octanol–water partition coefficient (Wildman–Crippen LogP) is 4.06. The monoisotopic (exact) mass is 336 g/mol. The predicted molar refractivity (Wildman–Crippen MR) is 95.5 cm³/mol. The number of fused-ring (bicyclic) bond motifs is 1. The zero-order valence-electron chi connectivity index (χ0n) is 13.2. The summed E-state index contributed by atoms with van der Waals surface area (Å²) in [6.45, 7) is 1.91. The molecule has 4 rings (SSSR count). The second-order valence-electron chi connectivity index (χ2n) is 5.71. The fourth-order valence-electron chi connectivity index (χ4n) is 2.74. The molecule has 1 N–H and O–H groups in total. The molecule has 0 bridgehead atoms. The van der Waals surface area contributed by atoms with Crippen molar-refractivity contribution >= 4 is 22.2 Å². The first-order valence-electron chi connectivity index (χ1n) is 7.79. The Morgan fingerprint density at radius 1 is 1.17 bits per heavy atom. The maximum atomic E-state index is 12.5. The van der Waals surface area contributed by atoms with Gasteiger partial charge in [0.1, 0.15) is 15.8 Å². The summed E-state index contributed by atoms with van der Waals surface area (Å²) >= 11 is 1.48. The lowest BCUT2D eigenvalue weighted by atomic mass is 10.1. The number of carbonyl (C=O) groups is 1. The van der Waals surface area contributed by atoms with E-state index in [9.17, 15) is 4.79 Å². The Morgan fingerprint density at radius 2 is 1.92 bits per heavy atom. The maximum Gasteiger partial charge on any atom is 0.266 e. The van der Waals surface area contributed by atoms with Crippen LogP contribution < -0.4 is 10.1 Å². The highest BCUT2D eigenvalue weighted by Crippen LogP contribution is 2.33. The van der Waals surface area contributed by atoms with Gasteiger partial charge in [-0.3, -0.25) is 4.79 Å². The molecule has 1 amide bonds. The van der Waals surface area contributed by atoms with Gasteiger partial charge in [0.05, 0.1) is 5.69 Å². The van der Waals surface area contributed by atoms with Crippen LogP contribution in [0, 0.1) is 6.92 Å². The van der Waals surface area contributed by atoms with Crippen molar-refractivity contribution in [1.29, 1.82) is 0 Å². The number of amides is 1. The Balaban J connectivity index is 1.50. The quantitative estimate of drug-likeness (QED) is 0.785. The summed E-state index contributed by atoms with van der Waals surface area (Å²) in [7, 11) is 0. The van der Waals surface area contributed by atoms with Gasteiger partial charge in [0.25, 0.3) is 5.91 Å². The van der Waals surface area contributed by atoms with Gasteiger partial charge < -0.3 is 10.1 Å². The molecule has 0 fully saturated rings. The molecule has 1 atom stereocenters. The molecule has 24 heavy (non-hydrogen) atoms. The van der Waals surface area contributed by atoms with Crippen molar-refractivity contribution in [3.63, 3.8) is 0 Å². The van der Waals surface area contributed by atoms with Gasteiger partial charge >= 0.3 is 0 Å². The van der Waals surface area contributed by atoms with E-state index < -0.39 is 6.10 Å². The number of hydrogen-bond donors (Lipinski definition) is 1. The first-order chi connectivity index (χ1) is 11.7. The Kier molecular flexibility index (Phi) is 3.78. The van der Waals surface area contributed by atoms with Crippen molar-refractivity contribution in [3.05, 3.63) is 65.9 Å². The second kappa shape index (κ2) is 6.09. The highest BCUT2D eigenvalue weighted by Gasteiger charge is 2.29. The van der Waals surface area contributed by atoms with Crippen LogP contribution in [0.2, 0.25) is 0 Å². The summed E-state index contributed by atoms with van der Waals surface area (Å²) in [4.78, 5) is 17.1. The molecule has 0 aliphatic carbocycles. The molecule has 0 radical (unpaired) electrons. The average Bonchev–Trinajstić information content (AvgIpc) is 3.20. The lowest BCUT2D eigenvalue weighted by Gasteiger charge is -2.10. The van der Waals surface area contributed by atoms with E-state index in [4.69, 9.17) is 4.74 Å². The van der Waals surface area contributed by atoms with Crippen LogP contribution in [0.5, 0.6) is 5.75 Å². The van der Waals surface area contributed by atoms with Crippen molar-refractivity contribution < 1.29 is 9.53 Å². The molecule has 5 heteroatoms. The van der Waals surface area contributed by atoms with Gasteiger partial charge in [-0.2, -0.15) is 0 Å². The van der Waals surface area contributed by atoms with E-state index in [1.165, 1.54) is 11.3 Å². The minimum Gasteiger partial charge on any atom is -0.480 e. The smallest absolute Gasteiger partial charge is 0.266 e. The Labute approximate surface area is 144 Å². The molecule has 2 heterocycles. The molecular weight excluding hydrogens is 320 g/mol. The zero-order valence-corrected chi connectivity index (χ0v) is 14.0. The number of aromatic nitrogens is 1. The molecular formula is C19H16N2O2S. The molecule has 120 valence electrons. The number of carbonyl (C=O) groups excluding carboxylic acids is 1. The molecule has 3 aromatic rings. The standard InChI is InChI=1S/C19H16N2O2S/c1-12-18(24-19(20-12)13-7-3-2-4-8-13)21-17(22)16-11-14-9-5-6-10-15(14)23-16/h2-10,16H,11H2,1H3,(H,21,22)/t16-/m1/s1. The van der Waals surface area contributed by atoms with Gasteiger partial charge in [-0.05, 0) is 18.6 Å². The van der Waals surface area contributed by atoms with E-state index in [0.29, 0.717) is 6.42 Å². The van der Waals surface area contributed by atoms with Gasteiger partial charge in [0.2, 0.25) is 0 Å². The van der Waals surface area contributed by atoms with E-state index in [1.807, 2.05) is 61.5 Å². The van der Waals surface area contributed by atoms with E-state index in [-0.39, 0.29) is 5.91 Å². The van der Waals surface area contributed by atoms with Gasteiger partial charge in [0, 0.05) is 12.0 Å². The van der Waals surface area contributed by atoms with Crippen molar-refractivity contribution in [2.45, 2.75) is 19.4 Å². The Morgan fingerprint density at radius 3 is 2.71 bits per heavy atom. The summed E-state index contributed by atoms with van der Waals surface area (Å²) in [5.74, 6) is 0.668. The van der Waals surface area contributed by atoms with Crippen molar-refractivity contribution in [2.75, 3.05) is 5.32 Å². The molecule has 4 nitrogen and oxygen atoms in total. The number of thiazole rings is 1. The second-order valence-corrected chi connectivity index (χ2v) is 6.71. The molecule has 0 saturated carbocycles. The molecule has 0 spiro atoms. The van der Waals surface area contributed by atoms with Crippen LogP contribution in [0.1, 0.15) is 11.3 Å². The lowest BCUT2D eigenvalue weighted by Crippen LogP contribution is -2.31. The van der Waals surface area contributed by atoms with E-state index in [0.717, 1.165) is 32.6 Å². The first-order valence-corrected chi connectivity index (χ1v) is 8.60. The third-order valence-corrected chi connectivity index (χ3v) is 5.12. The molecule has 1 aromatic heterocycles. The van der Waals surface area contributed by atoms with Crippen LogP contribution in [0.15, 0.2) is 54.6 Å². The SMILES string of the molecule is Cc1nc(-c2ccccc2)sc1NC(=O)[C@H]1Cc2ccccc2O1.